The second-order valence-corrected chi connectivity index (χ2v) is 6.28. The summed E-state index contributed by atoms with van der Waals surface area (Å²) in [7, 11) is 0. The van der Waals surface area contributed by atoms with Gasteiger partial charge < -0.3 is 15.7 Å². The number of amides is 2. The molecule has 0 radical (unpaired) electrons. The van der Waals surface area contributed by atoms with E-state index >= 15 is 0 Å². The number of hydrogen-bond acceptors (Lipinski definition) is 4. The SMILES string of the molecule is O=C(NCc1cccc(-n2cncn2)c1)N[C@H]1c2ccccc2C[C@H]1O. The number of aliphatic hydroxyl groups is 1. The van der Waals surface area contributed by atoms with Crippen LogP contribution in [0.5, 0.6) is 0 Å². The summed E-state index contributed by atoms with van der Waals surface area (Å²) in [6.07, 6.45) is 3.05. The number of aromatic nitrogens is 3. The lowest BCUT2D eigenvalue weighted by molar-refractivity contribution is 0.142. The van der Waals surface area contributed by atoms with Crippen LogP contribution in [-0.2, 0) is 13.0 Å². The quantitative estimate of drug-likeness (QED) is 0.669. The molecule has 1 aliphatic rings. The molecule has 0 bridgehead atoms. The Morgan fingerprint density at radius 3 is 2.96 bits per heavy atom. The molecule has 3 aromatic rings. The minimum Gasteiger partial charge on any atom is -0.390 e. The van der Waals surface area contributed by atoms with Gasteiger partial charge in [-0.2, -0.15) is 5.10 Å². The molecule has 1 aromatic heterocycles. The maximum Gasteiger partial charge on any atom is 0.315 e. The fraction of sp³-hybridized carbons (Fsp3) is 0.211. The van der Waals surface area contributed by atoms with Crippen molar-refractivity contribution in [3.8, 4) is 5.69 Å². The highest BCUT2D eigenvalue weighted by molar-refractivity contribution is 5.74. The summed E-state index contributed by atoms with van der Waals surface area (Å²) < 4.78 is 1.66. The third kappa shape index (κ3) is 3.29. The Kier molecular flexibility index (Phi) is 4.37. The molecule has 132 valence electrons. The van der Waals surface area contributed by atoms with E-state index in [1.165, 1.54) is 6.33 Å². The van der Waals surface area contributed by atoms with Gasteiger partial charge in [0.25, 0.3) is 0 Å². The van der Waals surface area contributed by atoms with Crippen molar-refractivity contribution < 1.29 is 9.90 Å². The predicted molar refractivity (Wildman–Crippen MR) is 95.6 cm³/mol. The fourth-order valence-corrected chi connectivity index (χ4v) is 3.27. The molecule has 1 heterocycles. The summed E-state index contributed by atoms with van der Waals surface area (Å²) >= 11 is 0. The predicted octanol–water partition coefficient (Wildman–Crippen LogP) is 1.72. The van der Waals surface area contributed by atoms with Gasteiger partial charge in [-0.1, -0.05) is 36.4 Å². The smallest absolute Gasteiger partial charge is 0.315 e. The Balaban J connectivity index is 1.38. The molecule has 2 amide bonds. The van der Waals surface area contributed by atoms with E-state index in [1.54, 1.807) is 11.0 Å². The first-order valence-corrected chi connectivity index (χ1v) is 8.45. The molecule has 7 nitrogen and oxygen atoms in total. The molecule has 0 spiro atoms. The van der Waals surface area contributed by atoms with Crippen LogP contribution in [-0.4, -0.2) is 32.0 Å². The number of nitrogens with zero attached hydrogens (tertiary/aromatic N) is 3. The summed E-state index contributed by atoms with van der Waals surface area (Å²) in [6, 6.07) is 14.8. The van der Waals surface area contributed by atoms with Crippen molar-refractivity contribution >= 4 is 6.03 Å². The van der Waals surface area contributed by atoms with Gasteiger partial charge in [-0.15, -0.1) is 0 Å². The van der Waals surface area contributed by atoms with Gasteiger partial charge in [0.2, 0.25) is 0 Å². The molecule has 4 rings (SSSR count). The zero-order chi connectivity index (χ0) is 17.9. The van der Waals surface area contributed by atoms with Crippen LogP contribution in [0.1, 0.15) is 22.7 Å². The van der Waals surface area contributed by atoms with Gasteiger partial charge in [0, 0.05) is 13.0 Å². The molecule has 0 fully saturated rings. The molecule has 2 aromatic carbocycles. The van der Waals surface area contributed by atoms with Crippen molar-refractivity contribution in [3.63, 3.8) is 0 Å². The fourth-order valence-electron chi connectivity index (χ4n) is 3.27. The standard InChI is InChI=1S/C19H19N5O2/c25-17-9-14-5-1-2-7-16(14)18(17)23-19(26)21-10-13-4-3-6-15(8-13)24-12-20-11-22-24/h1-8,11-12,17-18,25H,9-10H2,(H2,21,23,26)/t17-,18+/m1/s1. The van der Waals surface area contributed by atoms with Crippen molar-refractivity contribution in [2.75, 3.05) is 0 Å². The lowest BCUT2D eigenvalue weighted by Crippen LogP contribution is -2.40. The van der Waals surface area contributed by atoms with E-state index in [0.29, 0.717) is 13.0 Å². The summed E-state index contributed by atoms with van der Waals surface area (Å²) in [5, 5.41) is 20.0. The van der Waals surface area contributed by atoms with Gasteiger partial charge in [-0.25, -0.2) is 14.5 Å². The van der Waals surface area contributed by atoms with Crippen LogP contribution < -0.4 is 10.6 Å². The summed E-state index contributed by atoms with van der Waals surface area (Å²) in [4.78, 5) is 16.2. The molecular formula is C19H19N5O2. The number of aliphatic hydroxyl groups excluding tert-OH is 1. The number of benzene rings is 2. The van der Waals surface area contributed by atoms with E-state index in [0.717, 1.165) is 22.4 Å². The Labute approximate surface area is 150 Å². The van der Waals surface area contributed by atoms with Crippen molar-refractivity contribution in [3.05, 3.63) is 77.9 Å². The molecule has 0 unspecified atom stereocenters. The molecule has 0 saturated carbocycles. The molecule has 7 heteroatoms. The molecule has 3 N–H and O–H groups in total. The van der Waals surface area contributed by atoms with Crippen LogP contribution in [0.3, 0.4) is 0 Å². The third-order valence-corrected chi connectivity index (χ3v) is 4.54. The van der Waals surface area contributed by atoms with Crippen molar-refractivity contribution in [1.29, 1.82) is 0 Å². The lowest BCUT2D eigenvalue weighted by atomic mass is 10.1. The maximum absolute atomic E-state index is 12.3. The first-order chi connectivity index (χ1) is 12.7. The van der Waals surface area contributed by atoms with E-state index in [2.05, 4.69) is 20.7 Å². The number of carbonyl (C=O) groups excluding carboxylic acids is 1. The van der Waals surface area contributed by atoms with Crippen LogP contribution in [0.4, 0.5) is 4.79 Å². The normalized spacial score (nSPS) is 18.3. The van der Waals surface area contributed by atoms with Crippen LogP contribution in [0.15, 0.2) is 61.2 Å². The topological polar surface area (TPSA) is 92.1 Å². The number of hydrogen-bond donors (Lipinski definition) is 3. The molecule has 0 aliphatic heterocycles. The Bertz CT molecular complexity index is 910. The zero-order valence-corrected chi connectivity index (χ0v) is 14.0. The second kappa shape index (κ2) is 6.97. The van der Waals surface area contributed by atoms with Crippen LogP contribution in [0, 0.1) is 0 Å². The summed E-state index contributed by atoms with van der Waals surface area (Å²) in [5.74, 6) is 0. The maximum atomic E-state index is 12.3. The number of fused-ring (bicyclic) bond motifs is 1. The lowest BCUT2D eigenvalue weighted by Gasteiger charge is -2.18. The van der Waals surface area contributed by atoms with Crippen LogP contribution in [0.25, 0.3) is 5.69 Å². The van der Waals surface area contributed by atoms with E-state index in [9.17, 15) is 9.90 Å². The summed E-state index contributed by atoms with van der Waals surface area (Å²) in [6.45, 7) is 0.374. The first-order valence-electron chi connectivity index (χ1n) is 8.45. The highest BCUT2D eigenvalue weighted by atomic mass is 16.3. The highest BCUT2D eigenvalue weighted by Crippen LogP contribution is 2.31. The molecular weight excluding hydrogens is 330 g/mol. The van der Waals surface area contributed by atoms with Crippen LogP contribution in [0.2, 0.25) is 0 Å². The monoisotopic (exact) mass is 349 g/mol. The van der Waals surface area contributed by atoms with E-state index < -0.39 is 6.10 Å². The zero-order valence-electron chi connectivity index (χ0n) is 14.0. The van der Waals surface area contributed by atoms with Crippen LogP contribution >= 0.6 is 0 Å². The molecule has 2 atom stereocenters. The van der Waals surface area contributed by atoms with Gasteiger partial charge >= 0.3 is 6.03 Å². The Hall–Kier alpha value is -3.19. The average Bonchev–Trinajstić information content (AvgIpc) is 3.29. The number of rotatable bonds is 4. The van der Waals surface area contributed by atoms with Crippen molar-refractivity contribution in [2.45, 2.75) is 25.1 Å². The van der Waals surface area contributed by atoms with E-state index in [4.69, 9.17) is 0 Å². The van der Waals surface area contributed by atoms with Crippen molar-refractivity contribution in [2.24, 2.45) is 0 Å². The molecule has 26 heavy (non-hydrogen) atoms. The van der Waals surface area contributed by atoms with Gasteiger partial charge in [-0.3, -0.25) is 0 Å². The average molecular weight is 349 g/mol. The van der Waals surface area contributed by atoms with E-state index in [-0.39, 0.29) is 12.1 Å². The summed E-state index contributed by atoms with van der Waals surface area (Å²) in [5.41, 5.74) is 3.87. The minimum atomic E-state index is -0.603. The third-order valence-electron chi connectivity index (χ3n) is 4.54. The molecule has 0 saturated heterocycles. The Morgan fingerprint density at radius 2 is 2.12 bits per heavy atom. The number of carbonyl (C=O) groups is 1. The van der Waals surface area contributed by atoms with E-state index in [1.807, 2.05) is 48.5 Å². The van der Waals surface area contributed by atoms with Gasteiger partial charge in [0.1, 0.15) is 12.7 Å². The van der Waals surface area contributed by atoms with Gasteiger partial charge in [0.15, 0.2) is 0 Å². The molecule has 1 aliphatic carbocycles. The van der Waals surface area contributed by atoms with Crippen molar-refractivity contribution in [1.82, 2.24) is 25.4 Å². The number of nitrogens with one attached hydrogen (secondary N) is 2. The Morgan fingerprint density at radius 1 is 1.23 bits per heavy atom. The van der Waals surface area contributed by atoms with Gasteiger partial charge in [-0.05, 0) is 28.8 Å². The minimum absolute atomic E-state index is 0.308. The van der Waals surface area contributed by atoms with Gasteiger partial charge in [0.05, 0.1) is 17.8 Å². The second-order valence-electron chi connectivity index (χ2n) is 6.28. The first kappa shape index (κ1) is 16.3. The largest absolute Gasteiger partial charge is 0.390 e. The highest BCUT2D eigenvalue weighted by Gasteiger charge is 2.31. The number of urea groups is 1.